The van der Waals surface area contributed by atoms with Crippen LogP contribution in [0.4, 0.5) is 0 Å². The number of halogens is 1. The van der Waals surface area contributed by atoms with Crippen molar-refractivity contribution < 1.29 is 19.8 Å². The van der Waals surface area contributed by atoms with Crippen molar-refractivity contribution >= 4 is 39.1 Å². The monoisotopic (exact) mass is 349 g/mol. The van der Waals surface area contributed by atoms with E-state index in [4.69, 9.17) is 5.11 Å². The van der Waals surface area contributed by atoms with Crippen LogP contribution in [0.1, 0.15) is 24.6 Å². The molecule has 1 heterocycles. The van der Waals surface area contributed by atoms with Gasteiger partial charge in [0.05, 0.1) is 9.89 Å². The minimum absolute atomic E-state index is 0.242. The zero-order valence-electron chi connectivity index (χ0n) is 10.4. The van der Waals surface area contributed by atoms with Crippen molar-refractivity contribution in [1.29, 1.82) is 0 Å². The Hall–Kier alpha value is -0.920. The zero-order chi connectivity index (χ0) is 14.4. The molecule has 0 fully saturated rings. The Morgan fingerprint density at radius 3 is 2.63 bits per heavy atom. The molecule has 0 saturated heterocycles. The van der Waals surface area contributed by atoms with Gasteiger partial charge in [0.25, 0.3) is 0 Å². The number of aliphatic hydroxyl groups is 1. The van der Waals surface area contributed by atoms with Gasteiger partial charge in [0.15, 0.2) is 6.04 Å². The highest BCUT2D eigenvalue weighted by molar-refractivity contribution is 9.11. The Morgan fingerprint density at radius 2 is 2.16 bits per heavy atom. The Kier molecular flexibility index (Phi) is 6.47. The van der Waals surface area contributed by atoms with Gasteiger partial charge in [-0.15, -0.1) is 11.3 Å². The van der Waals surface area contributed by atoms with E-state index in [0.29, 0.717) is 6.42 Å². The number of carbonyl (C=O) groups excluding carboxylic acids is 1. The van der Waals surface area contributed by atoms with Crippen LogP contribution in [-0.4, -0.2) is 34.2 Å². The SMILES string of the molecule is C[C@@H](O)[C@H](NC(=O)CCCc1ccc(Br)s1)C(=O)O. The molecular weight excluding hydrogens is 334 g/mol. The normalized spacial score (nSPS) is 13.8. The molecule has 0 bridgehead atoms. The number of thiophene rings is 1. The second kappa shape index (κ2) is 7.62. The molecule has 1 aromatic heterocycles. The highest BCUT2D eigenvalue weighted by atomic mass is 79.9. The number of carboxylic acids is 1. The third-order valence-corrected chi connectivity index (χ3v) is 4.20. The summed E-state index contributed by atoms with van der Waals surface area (Å²) in [5, 5.41) is 20.4. The average Bonchev–Trinajstić information content (AvgIpc) is 2.71. The predicted molar refractivity (Wildman–Crippen MR) is 76.2 cm³/mol. The lowest BCUT2D eigenvalue weighted by Crippen LogP contribution is -2.47. The minimum Gasteiger partial charge on any atom is -0.480 e. The number of amides is 1. The van der Waals surface area contributed by atoms with E-state index < -0.39 is 18.1 Å². The highest BCUT2D eigenvalue weighted by Gasteiger charge is 2.24. The first-order chi connectivity index (χ1) is 8.90. The number of aliphatic hydroxyl groups excluding tert-OH is 1. The summed E-state index contributed by atoms with van der Waals surface area (Å²) in [4.78, 5) is 23.5. The summed E-state index contributed by atoms with van der Waals surface area (Å²) >= 11 is 4.98. The maximum absolute atomic E-state index is 11.6. The Labute approximate surface area is 123 Å². The number of hydrogen-bond donors (Lipinski definition) is 3. The molecule has 5 nitrogen and oxygen atoms in total. The van der Waals surface area contributed by atoms with Crippen molar-refractivity contribution in [2.45, 2.75) is 38.3 Å². The van der Waals surface area contributed by atoms with Crippen molar-refractivity contribution in [2.75, 3.05) is 0 Å². The Bertz CT molecular complexity index is 447. The molecule has 7 heteroatoms. The lowest BCUT2D eigenvalue weighted by molar-refractivity contribution is -0.144. The van der Waals surface area contributed by atoms with E-state index in [2.05, 4.69) is 21.2 Å². The molecule has 0 aliphatic heterocycles. The van der Waals surface area contributed by atoms with E-state index >= 15 is 0 Å². The van der Waals surface area contributed by atoms with E-state index in [-0.39, 0.29) is 12.3 Å². The topological polar surface area (TPSA) is 86.6 Å². The van der Waals surface area contributed by atoms with Gasteiger partial charge in [0.2, 0.25) is 5.91 Å². The van der Waals surface area contributed by atoms with Crippen molar-refractivity contribution in [3.05, 3.63) is 20.8 Å². The molecule has 0 spiro atoms. The number of aryl methyl sites for hydroxylation is 1. The van der Waals surface area contributed by atoms with E-state index in [1.165, 1.54) is 11.8 Å². The van der Waals surface area contributed by atoms with Crippen LogP contribution in [0.2, 0.25) is 0 Å². The maximum atomic E-state index is 11.6. The van der Waals surface area contributed by atoms with E-state index in [0.717, 1.165) is 10.2 Å². The highest BCUT2D eigenvalue weighted by Crippen LogP contribution is 2.23. The summed E-state index contributed by atoms with van der Waals surface area (Å²) < 4.78 is 1.05. The summed E-state index contributed by atoms with van der Waals surface area (Å²) in [6.45, 7) is 1.34. The summed E-state index contributed by atoms with van der Waals surface area (Å²) in [6.07, 6.45) is 0.544. The predicted octanol–water partition coefficient (Wildman–Crippen LogP) is 1.78. The average molecular weight is 350 g/mol. The minimum atomic E-state index is -1.25. The summed E-state index contributed by atoms with van der Waals surface area (Å²) in [5.74, 6) is -1.59. The van der Waals surface area contributed by atoms with Gasteiger partial charge in [0, 0.05) is 11.3 Å². The van der Waals surface area contributed by atoms with Crippen molar-refractivity contribution in [2.24, 2.45) is 0 Å². The second-order valence-corrected chi connectivity index (χ2v) is 6.73. The molecule has 0 aromatic carbocycles. The number of aliphatic carboxylic acids is 1. The van der Waals surface area contributed by atoms with Crippen LogP contribution < -0.4 is 5.32 Å². The molecule has 2 atom stereocenters. The third-order valence-electron chi connectivity index (χ3n) is 2.52. The van der Waals surface area contributed by atoms with Crippen molar-refractivity contribution in [3.8, 4) is 0 Å². The molecule has 0 aliphatic rings. The molecule has 0 saturated carbocycles. The number of carboxylic acid groups (broad SMARTS) is 1. The maximum Gasteiger partial charge on any atom is 0.328 e. The molecule has 106 valence electrons. The molecular formula is C12H16BrNO4S. The fourth-order valence-corrected chi connectivity index (χ4v) is 3.07. The molecule has 1 amide bonds. The first-order valence-corrected chi connectivity index (χ1v) is 7.45. The molecule has 3 N–H and O–H groups in total. The summed E-state index contributed by atoms with van der Waals surface area (Å²) in [6, 6.07) is 2.69. The van der Waals surface area contributed by atoms with Crippen LogP contribution in [0.3, 0.4) is 0 Å². The van der Waals surface area contributed by atoms with Crippen molar-refractivity contribution in [1.82, 2.24) is 5.32 Å². The molecule has 0 aliphatic carbocycles. The number of nitrogens with one attached hydrogen (secondary N) is 1. The fourth-order valence-electron chi connectivity index (χ4n) is 1.54. The molecule has 1 aromatic rings. The first kappa shape index (κ1) is 16.1. The number of hydrogen-bond acceptors (Lipinski definition) is 4. The van der Waals surface area contributed by atoms with E-state index in [9.17, 15) is 14.7 Å². The van der Waals surface area contributed by atoms with Crippen LogP contribution in [0, 0.1) is 0 Å². The van der Waals surface area contributed by atoms with Gasteiger partial charge in [-0.25, -0.2) is 4.79 Å². The smallest absolute Gasteiger partial charge is 0.328 e. The number of rotatable bonds is 7. The van der Waals surface area contributed by atoms with Gasteiger partial charge in [-0.05, 0) is 47.8 Å². The molecule has 19 heavy (non-hydrogen) atoms. The van der Waals surface area contributed by atoms with Gasteiger partial charge >= 0.3 is 5.97 Å². The third kappa shape index (κ3) is 5.71. The molecule has 1 rings (SSSR count). The Morgan fingerprint density at radius 1 is 1.47 bits per heavy atom. The quantitative estimate of drug-likeness (QED) is 0.700. The van der Waals surface area contributed by atoms with Gasteiger partial charge in [-0.1, -0.05) is 0 Å². The van der Waals surface area contributed by atoms with E-state index in [1.54, 1.807) is 11.3 Å². The standard InChI is InChI=1S/C12H16BrNO4S/c1-7(15)11(12(17)18)14-10(16)4-2-3-8-5-6-9(13)19-8/h5-7,11,15H,2-4H2,1H3,(H,14,16)(H,17,18)/t7-,11+/m1/s1. The van der Waals surface area contributed by atoms with E-state index in [1.807, 2.05) is 12.1 Å². The second-order valence-electron chi connectivity index (χ2n) is 4.18. The molecule has 0 radical (unpaired) electrons. The number of carbonyl (C=O) groups is 2. The zero-order valence-corrected chi connectivity index (χ0v) is 12.8. The van der Waals surface area contributed by atoms with Crippen LogP contribution >= 0.6 is 27.3 Å². The lowest BCUT2D eigenvalue weighted by atomic mass is 10.1. The van der Waals surface area contributed by atoms with Crippen LogP contribution in [-0.2, 0) is 16.0 Å². The summed E-state index contributed by atoms with van der Waals surface area (Å²) in [7, 11) is 0. The fraction of sp³-hybridized carbons (Fsp3) is 0.500. The lowest BCUT2D eigenvalue weighted by Gasteiger charge is -2.16. The van der Waals surface area contributed by atoms with Crippen molar-refractivity contribution in [3.63, 3.8) is 0 Å². The van der Waals surface area contributed by atoms with Crippen LogP contribution in [0.15, 0.2) is 15.9 Å². The van der Waals surface area contributed by atoms with Gasteiger partial charge in [-0.2, -0.15) is 0 Å². The largest absolute Gasteiger partial charge is 0.480 e. The van der Waals surface area contributed by atoms with Gasteiger partial charge in [0.1, 0.15) is 0 Å². The Balaban J connectivity index is 2.33. The molecule has 0 unspecified atom stereocenters. The van der Waals surface area contributed by atoms with Gasteiger partial charge in [-0.3, -0.25) is 4.79 Å². The van der Waals surface area contributed by atoms with Crippen LogP contribution in [0.25, 0.3) is 0 Å². The first-order valence-electron chi connectivity index (χ1n) is 5.84. The van der Waals surface area contributed by atoms with Crippen LogP contribution in [0.5, 0.6) is 0 Å². The van der Waals surface area contributed by atoms with Gasteiger partial charge < -0.3 is 15.5 Å². The summed E-state index contributed by atoms with van der Waals surface area (Å²) in [5.41, 5.74) is 0.